The molecule has 144 valence electrons. The first-order chi connectivity index (χ1) is 13.5. The van der Waals surface area contributed by atoms with Crippen LogP contribution in [0.25, 0.3) is 0 Å². The average Bonchev–Trinajstić information content (AvgIpc) is 2.71. The Kier molecular flexibility index (Phi) is 6.61. The molecular formula is C23H25N3OS. The maximum absolute atomic E-state index is 5.84. The maximum atomic E-state index is 5.84. The van der Waals surface area contributed by atoms with Gasteiger partial charge in [-0.15, -0.1) is 0 Å². The van der Waals surface area contributed by atoms with E-state index in [0.717, 1.165) is 22.9 Å². The lowest BCUT2D eigenvalue weighted by Gasteiger charge is -2.35. The van der Waals surface area contributed by atoms with Crippen molar-refractivity contribution in [3.63, 3.8) is 0 Å². The molecule has 1 N–H and O–H groups in total. The van der Waals surface area contributed by atoms with Crippen LogP contribution >= 0.6 is 12.2 Å². The minimum absolute atomic E-state index is 0.0712. The first-order valence-electron chi connectivity index (χ1n) is 9.38. The molecular weight excluding hydrogens is 366 g/mol. The highest BCUT2D eigenvalue weighted by Crippen LogP contribution is 2.25. The number of thiocarbonyl (C=S) groups is 1. The summed E-state index contributed by atoms with van der Waals surface area (Å²) in [6.07, 6.45) is 1.81. The summed E-state index contributed by atoms with van der Waals surface area (Å²) in [5, 5.41) is 4.01. The molecule has 2 aromatic carbocycles. The summed E-state index contributed by atoms with van der Waals surface area (Å²) in [4.78, 5) is 6.64. The highest BCUT2D eigenvalue weighted by atomic mass is 32.1. The predicted molar refractivity (Wildman–Crippen MR) is 119 cm³/mol. The van der Waals surface area contributed by atoms with Crippen LogP contribution in [-0.2, 0) is 0 Å². The molecule has 0 saturated carbocycles. The number of hydrogen-bond donors (Lipinski definition) is 1. The molecule has 0 spiro atoms. The van der Waals surface area contributed by atoms with E-state index in [9.17, 15) is 0 Å². The third kappa shape index (κ3) is 5.08. The van der Waals surface area contributed by atoms with Gasteiger partial charge in [0, 0.05) is 17.9 Å². The first kappa shape index (κ1) is 19.8. The summed E-state index contributed by atoms with van der Waals surface area (Å²) in [7, 11) is 0. The van der Waals surface area contributed by atoms with Crippen LogP contribution in [0.5, 0.6) is 11.5 Å². The fourth-order valence-electron chi connectivity index (χ4n) is 3.04. The van der Waals surface area contributed by atoms with Gasteiger partial charge in [0.1, 0.15) is 11.5 Å². The maximum Gasteiger partial charge on any atom is 0.174 e. The predicted octanol–water partition coefficient (Wildman–Crippen LogP) is 6.04. The molecule has 0 radical (unpaired) electrons. The lowest BCUT2D eigenvalue weighted by Crippen LogP contribution is -2.41. The second-order valence-corrected chi connectivity index (χ2v) is 7.19. The van der Waals surface area contributed by atoms with Crippen molar-refractivity contribution in [1.82, 2.24) is 9.88 Å². The van der Waals surface area contributed by atoms with E-state index in [1.54, 1.807) is 0 Å². The summed E-state index contributed by atoms with van der Waals surface area (Å²) < 4.78 is 5.84. The fourth-order valence-corrected chi connectivity index (χ4v) is 3.53. The molecule has 0 aliphatic rings. The molecule has 0 saturated heterocycles. The van der Waals surface area contributed by atoms with Gasteiger partial charge in [-0.3, -0.25) is 4.98 Å². The first-order valence-corrected chi connectivity index (χ1v) is 9.78. The molecule has 0 fully saturated rings. The highest BCUT2D eigenvalue weighted by molar-refractivity contribution is 7.80. The summed E-state index contributed by atoms with van der Waals surface area (Å²) >= 11 is 5.70. The van der Waals surface area contributed by atoms with Gasteiger partial charge in [0.05, 0.1) is 11.7 Å². The number of benzene rings is 2. The van der Waals surface area contributed by atoms with E-state index < -0.39 is 0 Å². The Morgan fingerprint density at radius 1 is 0.893 bits per heavy atom. The van der Waals surface area contributed by atoms with E-state index in [0.29, 0.717) is 5.11 Å². The second-order valence-electron chi connectivity index (χ2n) is 6.80. The number of anilines is 1. The Hall–Kier alpha value is -2.92. The van der Waals surface area contributed by atoms with Crippen molar-refractivity contribution < 1.29 is 4.74 Å². The SMILES string of the molecule is CC(C)N(C(=S)Nc1ccc(Oc2ccccc2)cc1)[C@@H](C)c1ccccn1. The number of para-hydroxylation sites is 1. The molecule has 1 aromatic heterocycles. The zero-order valence-electron chi connectivity index (χ0n) is 16.4. The Labute approximate surface area is 172 Å². The molecule has 0 amide bonds. The van der Waals surface area contributed by atoms with Crippen molar-refractivity contribution in [2.45, 2.75) is 32.9 Å². The number of hydrogen-bond acceptors (Lipinski definition) is 3. The van der Waals surface area contributed by atoms with Crippen molar-refractivity contribution in [1.29, 1.82) is 0 Å². The number of aromatic nitrogens is 1. The van der Waals surface area contributed by atoms with E-state index in [1.165, 1.54) is 0 Å². The van der Waals surface area contributed by atoms with Crippen LogP contribution < -0.4 is 10.1 Å². The second kappa shape index (κ2) is 9.33. The van der Waals surface area contributed by atoms with Crippen LogP contribution in [0.4, 0.5) is 5.69 Å². The lowest BCUT2D eigenvalue weighted by atomic mass is 10.1. The van der Waals surface area contributed by atoms with E-state index in [4.69, 9.17) is 17.0 Å². The summed E-state index contributed by atoms with van der Waals surface area (Å²) in [6.45, 7) is 6.38. The van der Waals surface area contributed by atoms with Gasteiger partial charge >= 0.3 is 0 Å². The lowest BCUT2D eigenvalue weighted by molar-refractivity contribution is 0.280. The van der Waals surface area contributed by atoms with Crippen molar-refractivity contribution in [2.24, 2.45) is 0 Å². The van der Waals surface area contributed by atoms with Gasteiger partial charge < -0.3 is 15.0 Å². The van der Waals surface area contributed by atoms with Gasteiger partial charge in [-0.25, -0.2) is 0 Å². The highest BCUT2D eigenvalue weighted by Gasteiger charge is 2.22. The van der Waals surface area contributed by atoms with Crippen molar-refractivity contribution >= 4 is 23.0 Å². The summed E-state index contributed by atoms with van der Waals surface area (Å²) in [6, 6.07) is 23.8. The van der Waals surface area contributed by atoms with Gasteiger partial charge in [-0.05, 0) is 81.5 Å². The van der Waals surface area contributed by atoms with Crippen LogP contribution in [0, 0.1) is 0 Å². The van der Waals surface area contributed by atoms with E-state index in [1.807, 2.05) is 79.0 Å². The zero-order chi connectivity index (χ0) is 19.9. The van der Waals surface area contributed by atoms with Crippen LogP contribution in [0.1, 0.15) is 32.5 Å². The van der Waals surface area contributed by atoms with Gasteiger partial charge in [-0.1, -0.05) is 24.3 Å². The Morgan fingerprint density at radius 2 is 1.54 bits per heavy atom. The molecule has 0 aliphatic heterocycles. The molecule has 1 atom stereocenters. The topological polar surface area (TPSA) is 37.4 Å². The standard InChI is InChI=1S/C23H25N3OS/c1-17(2)26(18(3)22-11-7-8-16-24-22)23(28)25-19-12-14-21(15-13-19)27-20-9-5-4-6-10-20/h4-18H,1-3H3,(H,25,28)/t18-/m0/s1. The molecule has 1 heterocycles. The van der Waals surface area contributed by atoms with Crippen molar-refractivity contribution in [3.05, 3.63) is 84.7 Å². The Balaban J connectivity index is 1.68. The van der Waals surface area contributed by atoms with E-state index in [-0.39, 0.29) is 12.1 Å². The number of ether oxygens (including phenoxy) is 1. The van der Waals surface area contributed by atoms with Crippen LogP contribution in [-0.4, -0.2) is 21.0 Å². The van der Waals surface area contributed by atoms with Crippen molar-refractivity contribution in [3.8, 4) is 11.5 Å². The quantitative estimate of drug-likeness (QED) is 0.518. The third-order valence-electron chi connectivity index (χ3n) is 4.41. The largest absolute Gasteiger partial charge is 0.457 e. The number of pyridine rings is 1. The molecule has 5 heteroatoms. The number of nitrogens with zero attached hydrogens (tertiary/aromatic N) is 2. The number of nitrogens with one attached hydrogen (secondary N) is 1. The molecule has 3 rings (SSSR count). The number of rotatable bonds is 6. The molecule has 3 aromatic rings. The molecule has 0 aliphatic carbocycles. The minimum atomic E-state index is 0.0712. The van der Waals surface area contributed by atoms with Gasteiger partial charge in [-0.2, -0.15) is 0 Å². The molecule has 0 bridgehead atoms. The van der Waals surface area contributed by atoms with Crippen LogP contribution in [0.15, 0.2) is 79.0 Å². The molecule has 0 unspecified atom stereocenters. The smallest absolute Gasteiger partial charge is 0.174 e. The van der Waals surface area contributed by atoms with E-state index >= 15 is 0 Å². The third-order valence-corrected chi connectivity index (χ3v) is 4.72. The summed E-state index contributed by atoms with van der Waals surface area (Å²) in [5.41, 5.74) is 1.91. The Bertz CT molecular complexity index is 883. The average molecular weight is 392 g/mol. The Morgan fingerprint density at radius 3 is 2.14 bits per heavy atom. The molecule has 4 nitrogen and oxygen atoms in total. The normalized spacial score (nSPS) is 11.7. The van der Waals surface area contributed by atoms with Crippen molar-refractivity contribution in [2.75, 3.05) is 5.32 Å². The monoisotopic (exact) mass is 391 g/mol. The van der Waals surface area contributed by atoms with Gasteiger partial charge in [0.25, 0.3) is 0 Å². The minimum Gasteiger partial charge on any atom is -0.457 e. The van der Waals surface area contributed by atoms with Crippen LogP contribution in [0.3, 0.4) is 0 Å². The van der Waals surface area contributed by atoms with Crippen LogP contribution in [0.2, 0.25) is 0 Å². The fraction of sp³-hybridized carbons (Fsp3) is 0.217. The van der Waals surface area contributed by atoms with Gasteiger partial charge in [0.2, 0.25) is 0 Å². The summed E-state index contributed by atoms with van der Waals surface area (Å²) in [5.74, 6) is 1.60. The zero-order valence-corrected chi connectivity index (χ0v) is 17.2. The van der Waals surface area contributed by atoms with Gasteiger partial charge in [0.15, 0.2) is 5.11 Å². The van der Waals surface area contributed by atoms with E-state index in [2.05, 4.69) is 36.0 Å². The molecule has 28 heavy (non-hydrogen) atoms.